The first-order valence-electron chi connectivity index (χ1n) is 15.9. The van der Waals surface area contributed by atoms with Crippen molar-refractivity contribution in [3.05, 3.63) is 108 Å². The van der Waals surface area contributed by atoms with Crippen LogP contribution in [0.3, 0.4) is 0 Å². The fourth-order valence-electron chi connectivity index (χ4n) is 5.62. The number of amides is 4. The maximum absolute atomic E-state index is 15.0. The minimum Gasteiger partial charge on any atom is -0.443 e. The third-order valence-corrected chi connectivity index (χ3v) is 7.47. The Labute approximate surface area is 277 Å². The van der Waals surface area contributed by atoms with E-state index in [1.54, 1.807) is 41.5 Å². The van der Waals surface area contributed by atoms with Gasteiger partial charge < -0.3 is 14.2 Å². The molecule has 4 rings (SSSR count). The maximum Gasteiger partial charge on any atom is 0.430 e. The summed E-state index contributed by atoms with van der Waals surface area (Å²) in [6.45, 7) is 12.0. The molecule has 0 aliphatic carbocycles. The number of hydrogen-bond acceptors (Lipinski definition) is 7. The Kier molecular flexibility index (Phi) is 10.6. The Bertz CT molecular complexity index is 1490. The lowest BCUT2D eigenvalue weighted by Gasteiger charge is -2.38. The van der Waals surface area contributed by atoms with Crippen molar-refractivity contribution in [2.24, 2.45) is 0 Å². The summed E-state index contributed by atoms with van der Waals surface area (Å²) in [5.41, 5.74) is 1.11. The molecule has 1 saturated heterocycles. The molecular formula is C37H45N3O7. The Hall–Kier alpha value is -4.86. The van der Waals surface area contributed by atoms with E-state index in [1.165, 1.54) is 0 Å². The summed E-state index contributed by atoms with van der Waals surface area (Å²) < 4.78 is 17.5. The molecule has 1 N–H and O–H groups in total. The zero-order chi connectivity index (χ0) is 34.4. The quantitative estimate of drug-likeness (QED) is 0.196. The highest BCUT2D eigenvalue weighted by Gasteiger charge is 2.60. The molecule has 2 atom stereocenters. The topological polar surface area (TPSA) is 114 Å². The van der Waals surface area contributed by atoms with Gasteiger partial charge >= 0.3 is 18.3 Å². The minimum atomic E-state index is -1.44. The smallest absolute Gasteiger partial charge is 0.430 e. The molecule has 0 aromatic heterocycles. The molecule has 0 unspecified atom stereocenters. The van der Waals surface area contributed by atoms with Crippen molar-refractivity contribution in [2.45, 2.75) is 96.6 Å². The molecule has 10 heteroatoms. The Morgan fingerprint density at radius 1 is 0.830 bits per heavy atom. The van der Waals surface area contributed by atoms with Gasteiger partial charge in [-0.1, -0.05) is 111 Å². The van der Waals surface area contributed by atoms with E-state index in [1.807, 2.05) is 97.9 Å². The van der Waals surface area contributed by atoms with Crippen LogP contribution in [0.25, 0.3) is 0 Å². The van der Waals surface area contributed by atoms with E-state index in [2.05, 4.69) is 5.43 Å². The van der Waals surface area contributed by atoms with Gasteiger partial charge in [0, 0.05) is 11.1 Å². The molecule has 0 saturated carbocycles. The second-order valence-electron chi connectivity index (χ2n) is 13.5. The van der Waals surface area contributed by atoms with Crippen LogP contribution in [0.4, 0.5) is 14.4 Å². The second-order valence-corrected chi connectivity index (χ2v) is 13.5. The van der Waals surface area contributed by atoms with Crippen LogP contribution < -0.4 is 5.43 Å². The van der Waals surface area contributed by atoms with Crippen molar-refractivity contribution >= 4 is 24.2 Å². The van der Waals surface area contributed by atoms with E-state index in [0.29, 0.717) is 29.5 Å². The van der Waals surface area contributed by atoms with Gasteiger partial charge in [-0.15, -0.1) is 0 Å². The lowest BCUT2D eigenvalue weighted by atomic mass is 9.77. The average Bonchev–Trinajstić information content (AvgIpc) is 3.33. The largest absolute Gasteiger partial charge is 0.443 e. The number of imide groups is 1. The highest BCUT2D eigenvalue weighted by Crippen LogP contribution is 2.52. The summed E-state index contributed by atoms with van der Waals surface area (Å²) in [6.07, 6.45) is -1.54. The van der Waals surface area contributed by atoms with Crippen LogP contribution in [0.2, 0.25) is 0 Å². The maximum atomic E-state index is 15.0. The van der Waals surface area contributed by atoms with Crippen molar-refractivity contribution < 1.29 is 33.4 Å². The van der Waals surface area contributed by atoms with Crippen LogP contribution in [-0.4, -0.2) is 51.3 Å². The second kappa shape index (κ2) is 14.3. The molecule has 1 aliphatic heterocycles. The van der Waals surface area contributed by atoms with E-state index in [4.69, 9.17) is 14.2 Å². The molecule has 1 heterocycles. The monoisotopic (exact) mass is 643 g/mol. The number of carbonyl (C=O) groups excluding carboxylic acids is 4. The van der Waals surface area contributed by atoms with Gasteiger partial charge in [0.25, 0.3) is 5.91 Å². The van der Waals surface area contributed by atoms with E-state index in [0.717, 1.165) is 9.91 Å². The van der Waals surface area contributed by atoms with Crippen molar-refractivity contribution in [1.82, 2.24) is 15.3 Å². The Balaban J connectivity index is 1.91. The molecule has 3 aromatic rings. The molecule has 1 fully saturated rings. The summed E-state index contributed by atoms with van der Waals surface area (Å²) in [6, 6.07) is 25.4. The number of ether oxygens (including phenoxy) is 3. The predicted octanol–water partition coefficient (Wildman–Crippen LogP) is 7.89. The number of hydrogen-bond donors (Lipinski definition) is 1. The summed E-state index contributed by atoms with van der Waals surface area (Å²) in [4.78, 5) is 57.1. The number of cyclic esters (lactones) is 1. The number of rotatable bonds is 8. The van der Waals surface area contributed by atoms with Gasteiger partial charge in [0.2, 0.25) is 0 Å². The van der Waals surface area contributed by atoms with Crippen LogP contribution >= 0.6 is 0 Å². The molecule has 1 aliphatic rings. The van der Waals surface area contributed by atoms with Crippen LogP contribution in [0.5, 0.6) is 0 Å². The molecule has 0 bridgehead atoms. The lowest BCUT2D eigenvalue weighted by molar-refractivity contribution is -0.137. The zero-order valence-corrected chi connectivity index (χ0v) is 28.2. The van der Waals surface area contributed by atoms with Gasteiger partial charge in [-0.25, -0.2) is 29.7 Å². The first-order chi connectivity index (χ1) is 22.2. The van der Waals surface area contributed by atoms with Gasteiger partial charge in [-0.05, 0) is 53.5 Å². The summed E-state index contributed by atoms with van der Waals surface area (Å²) >= 11 is 0. The van der Waals surface area contributed by atoms with Crippen LogP contribution in [-0.2, 0) is 24.6 Å². The zero-order valence-electron chi connectivity index (χ0n) is 28.2. The number of carbonyl (C=O) groups is 4. The summed E-state index contributed by atoms with van der Waals surface area (Å²) in [7, 11) is 0. The normalized spacial score (nSPS) is 16.5. The average molecular weight is 644 g/mol. The number of hydrazine groups is 1. The first kappa shape index (κ1) is 35.0. The van der Waals surface area contributed by atoms with Crippen LogP contribution in [0, 0.1) is 0 Å². The van der Waals surface area contributed by atoms with Crippen LogP contribution in [0.15, 0.2) is 91.0 Å². The van der Waals surface area contributed by atoms with Crippen LogP contribution in [0.1, 0.15) is 90.5 Å². The highest BCUT2D eigenvalue weighted by molar-refractivity contribution is 5.99. The standard InChI is InChI=1S/C37H45N3O7/c1-8-9-25-29(40(34(44)46-36(5,6)7)38-32(42)45-35(2,3)4)31(41)39-30(26-19-13-10-14-20-26)37(47-33(39)43,27-21-15-11-16-22-27)28-23-17-12-18-24-28/h10-24,29-30H,8-9,25H2,1-7H3,(H,38,42)/t29-,30+/m0/s1. The molecular weight excluding hydrogens is 598 g/mol. The first-order valence-corrected chi connectivity index (χ1v) is 15.9. The number of nitrogens with zero attached hydrogens (tertiary/aromatic N) is 2. The van der Waals surface area contributed by atoms with Crippen molar-refractivity contribution in [2.75, 3.05) is 0 Å². The number of unbranched alkanes of at least 4 members (excludes halogenated alkanes) is 1. The summed E-state index contributed by atoms with van der Waals surface area (Å²) in [5, 5.41) is 0.845. The third kappa shape index (κ3) is 8.11. The Morgan fingerprint density at radius 2 is 1.32 bits per heavy atom. The van der Waals surface area contributed by atoms with Gasteiger partial charge in [-0.2, -0.15) is 0 Å². The molecule has 0 spiro atoms. The van der Waals surface area contributed by atoms with Crippen molar-refractivity contribution in [3.63, 3.8) is 0 Å². The SMILES string of the molecule is CCCC[C@@H](C(=O)N1C(=O)OC(c2ccccc2)(c2ccccc2)[C@H]1c1ccccc1)N(NC(=O)OC(C)(C)C)C(=O)OC(C)(C)C. The molecule has 47 heavy (non-hydrogen) atoms. The number of benzene rings is 3. The molecule has 250 valence electrons. The van der Waals surface area contributed by atoms with Gasteiger partial charge in [0.15, 0.2) is 5.60 Å². The Morgan fingerprint density at radius 3 is 1.79 bits per heavy atom. The van der Waals surface area contributed by atoms with Crippen molar-refractivity contribution in [1.29, 1.82) is 0 Å². The predicted molar refractivity (Wildman–Crippen MR) is 177 cm³/mol. The molecule has 0 radical (unpaired) electrons. The third-order valence-electron chi connectivity index (χ3n) is 7.47. The fraction of sp³-hybridized carbons (Fsp3) is 0.405. The van der Waals surface area contributed by atoms with E-state index < -0.39 is 53.1 Å². The highest BCUT2D eigenvalue weighted by atomic mass is 16.6. The molecule has 3 aromatic carbocycles. The van der Waals surface area contributed by atoms with E-state index in [-0.39, 0.29) is 6.42 Å². The van der Waals surface area contributed by atoms with Gasteiger partial charge in [0.1, 0.15) is 23.3 Å². The van der Waals surface area contributed by atoms with E-state index >= 15 is 0 Å². The van der Waals surface area contributed by atoms with Gasteiger partial charge in [0.05, 0.1) is 0 Å². The minimum absolute atomic E-state index is 0.110. The van der Waals surface area contributed by atoms with E-state index in [9.17, 15) is 19.2 Å². The summed E-state index contributed by atoms with van der Waals surface area (Å²) in [5.74, 6) is -0.743. The molecule has 10 nitrogen and oxygen atoms in total. The van der Waals surface area contributed by atoms with Gasteiger partial charge in [-0.3, -0.25) is 4.79 Å². The lowest BCUT2D eigenvalue weighted by Crippen LogP contribution is -2.59. The fourth-order valence-corrected chi connectivity index (χ4v) is 5.62. The van der Waals surface area contributed by atoms with Crippen molar-refractivity contribution in [3.8, 4) is 0 Å². The number of nitrogens with one attached hydrogen (secondary N) is 1. The molecule has 4 amide bonds.